The summed E-state index contributed by atoms with van der Waals surface area (Å²) in [6, 6.07) is 31.4. The average Bonchev–Trinajstić information content (AvgIpc) is 3.64. The molecule has 15 rings (SSSR count). The molecule has 0 amide bonds. The lowest BCUT2D eigenvalue weighted by molar-refractivity contribution is 0.361. The van der Waals surface area contributed by atoms with Crippen molar-refractivity contribution in [3.05, 3.63) is 101 Å². The van der Waals surface area contributed by atoms with Crippen LogP contribution in [0.25, 0.3) is 55.0 Å². The van der Waals surface area contributed by atoms with Gasteiger partial charge in [-0.3, -0.25) is 0 Å². The standard InChI is InChI=1S/C42H33BN2/c1-3-8-32-26(6-1)38-36-24-16-12-22(13-17-24)28(36)20-30-41(38)44(32)34-10-5-11-35-40(34)43(30)31-21-29-23-14-18-25(19-15-23)37(29)39-27-7-2-4-9-33(27)45(35)42(31)39/h1-11,20-25H,12-19H2. The smallest absolute Gasteiger partial charge is 0.252 e. The Bertz CT molecular complexity index is 2360. The summed E-state index contributed by atoms with van der Waals surface area (Å²) in [5.41, 5.74) is 20.1. The number of nitrogens with zero attached hydrogens (tertiary/aromatic N) is 2. The topological polar surface area (TPSA) is 9.86 Å². The zero-order chi connectivity index (χ0) is 28.7. The molecule has 8 aliphatic rings. The third-order valence-electron chi connectivity index (χ3n) is 13.7. The van der Waals surface area contributed by atoms with Gasteiger partial charge in [0.1, 0.15) is 0 Å². The first kappa shape index (κ1) is 23.2. The summed E-state index contributed by atoms with van der Waals surface area (Å²) in [6.07, 6.45) is 10.9. The third kappa shape index (κ3) is 2.46. The van der Waals surface area contributed by atoms with Crippen LogP contribution in [0.5, 0.6) is 0 Å². The highest BCUT2D eigenvalue weighted by atomic mass is 15.0. The fourth-order valence-electron chi connectivity index (χ4n) is 12.1. The molecule has 4 bridgehead atoms. The highest BCUT2D eigenvalue weighted by Crippen LogP contribution is 2.55. The predicted octanol–water partition coefficient (Wildman–Crippen LogP) is 8.53. The van der Waals surface area contributed by atoms with E-state index in [4.69, 9.17) is 0 Å². The molecule has 0 atom stereocenters. The molecule has 3 heteroatoms. The van der Waals surface area contributed by atoms with Gasteiger partial charge < -0.3 is 9.13 Å². The number of benzene rings is 5. The Morgan fingerprint density at radius 3 is 1.42 bits per heavy atom. The number of para-hydroxylation sites is 2. The zero-order valence-electron chi connectivity index (χ0n) is 25.4. The minimum absolute atomic E-state index is 0.270. The van der Waals surface area contributed by atoms with E-state index in [0.29, 0.717) is 11.8 Å². The van der Waals surface area contributed by atoms with Crippen LogP contribution in [-0.4, -0.2) is 15.8 Å². The van der Waals surface area contributed by atoms with Crippen molar-refractivity contribution in [2.75, 3.05) is 0 Å². The van der Waals surface area contributed by atoms with E-state index in [2.05, 4.69) is 88.0 Å². The van der Waals surface area contributed by atoms with Crippen molar-refractivity contribution in [3.8, 4) is 11.4 Å². The predicted molar refractivity (Wildman–Crippen MR) is 188 cm³/mol. The average molecular weight is 577 g/mol. The molecule has 214 valence electrons. The monoisotopic (exact) mass is 576 g/mol. The summed E-state index contributed by atoms with van der Waals surface area (Å²) in [7, 11) is 0. The van der Waals surface area contributed by atoms with Crippen LogP contribution in [0.3, 0.4) is 0 Å². The van der Waals surface area contributed by atoms with E-state index in [1.165, 1.54) is 101 Å². The number of rotatable bonds is 0. The van der Waals surface area contributed by atoms with E-state index in [1.807, 2.05) is 0 Å². The van der Waals surface area contributed by atoms with Crippen molar-refractivity contribution in [2.45, 2.75) is 75.0 Å². The fraction of sp³-hybridized carbons (Fsp3) is 0.286. The molecule has 6 aliphatic carbocycles. The fourth-order valence-corrected chi connectivity index (χ4v) is 12.1. The van der Waals surface area contributed by atoms with Crippen LogP contribution in [0.15, 0.2) is 78.9 Å². The Balaban J connectivity index is 1.28. The van der Waals surface area contributed by atoms with Gasteiger partial charge in [-0.05, 0) is 138 Å². The highest BCUT2D eigenvalue weighted by molar-refractivity contribution is 7.00. The van der Waals surface area contributed by atoms with Gasteiger partial charge in [-0.25, -0.2) is 0 Å². The molecule has 0 radical (unpaired) electrons. The summed E-state index contributed by atoms with van der Waals surface area (Å²) in [6.45, 7) is 0.270. The number of hydrogen-bond donors (Lipinski definition) is 0. The Hall–Kier alpha value is -4.24. The molecular formula is C42H33BN2. The normalized spacial score (nSPS) is 24.6. The maximum atomic E-state index is 2.75. The van der Waals surface area contributed by atoms with Gasteiger partial charge in [0, 0.05) is 44.0 Å². The van der Waals surface area contributed by atoms with Gasteiger partial charge in [0.25, 0.3) is 6.71 Å². The van der Waals surface area contributed by atoms with Gasteiger partial charge in [-0.2, -0.15) is 0 Å². The molecule has 7 aromatic rings. The molecule has 2 saturated carbocycles. The van der Waals surface area contributed by atoms with E-state index in [-0.39, 0.29) is 6.71 Å². The van der Waals surface area contributed by atoms with Gasteiger partial charge in [0.2, 0.25) is 0 Å². The van der Waals surface area contributed by atoms with E-state index in [1.54, 1.807) is 44.0 Å². The molecule has 2 nitrogen and oxygen atoms in total. The third-order valence-corrected chi connectivity index (χ3v) is 13.7. The molecule has 2 aliphatic heterocycles. The van der Waals surface area contributed by atoms with Crippen molar-refractivity contribution in [1.29, 1.82) is 0 Å². The lowest BCUT2D eigenvalue weighted by Gasteiger charge is -2.42. The largest absolute Gasteiger partial charge is 0.310 e. The van der Waals surface area contributed by atoms with E-state index in [0.717, 1.165) is 11.8 Å². The van der Waals surface area contributed by atoms with Crippen molar-refractivity contribution in [1.82, 2.24) is 9.13 Å². The second kappa shape index (κ2) is 7.58. The quantitative estimate of drug-likeness (QED) is 0.160. The number of aromatic nitrogens is 2. The Labute approximate surface area is 262 Å². The van der Waals surface area contributed by atoms with Crippen LogP contribution in [0.4, 0.5) is 0 Å². The highest BCUT2D eigenvalue weighted by Gasteiger charge is 2.46. The van der Waals surface area contributed by atoms with Crippen LogP contribution in [0.1, 0.15) is 97.3 Å². The Kier molecular flexibility index (Phi) is 3.90. The summed E-state index contributed by atoms with van der Waals surface area (Å²) in [4.78, 5) is 0. The van der Waals surface area contributed by atoms with Crippen LogP contribution in [-0.2, 0) is 0 Å². The van der Waals surface area contributed by atoms with Gasteiger partial charge in [-0.1, -0.05) is 54.6 Å². The minimum atomic E-state index is 0.270. The molecule has 0 unspecified atom stereocenters. The zero-order valence-corrected chi connectivity index (χ0v) is 25.4. The van der Waals surface area contributed by atoms with Crippen molar-refractivity contribution in [3.63, 3.8) is 0 Å². The maximum absolute atomic E-state index is 2.75. The Morgan fingerprint density at radius 1 is 0.489 bits per heavy atom. The van der Waals surface area contributed by atoms with Gasteiger partial charge >= 0.3 is 0 Å². The molecule has 0 saturated heterocycles. The number of fused-ring (bicyclic) bond motifs is 14. The van der Waals surface area contributed by atoms with Crippen LogP contribution < -0.4 is 16.4 Å². The first-order valence-electron chi connectivity index (χ1n) is 17.7. The SMILES string of the molecule is c1cc2c3c(c1)-n1c4ccccc4c4c5c(cc(c41)B3c1cc3c(c4c6ccccc6n-2c14)C1CCC3CC1)C1CCC5CC1. The maximum Gasteiger partial charge on any atom is 0.252 e. The van der Waals surface area contributed by atoms with E-state index >= 15 is 0 Å². The first-order chi connectivity index (χ1) is 22.3. The van der Waals surface area contributed by atoms with Crippen LogP contribution in [0, 0.1) is 0 Å². The first-order valence-corrected chi connectivity index (χ1v) is 17.7. The van der Waals surface area contributed by atoms with Gasteiger partial charge in [0.15, 0.2) is 0 Å². The van der Waals surface area contributed by atoms with Crippen molar-refractivity contribution >= 4 is 66.7 Å². The summed E-state index contributed by atoms with van der Waals surface area (Å²) >= 11 is 0. The minimum Gasteiger partial charge on any atom is -0.310 e. The summed E-state index contributed by atoms with van der Waals surface area (Å²) < 4.78 is 5.37. The molecule has 4 heterocycles. The summed E-state index contributed by atoms with van der Waals surface area (Å²) in [5.74, 6) is 2.87. The van der Waals surface area contributed by atoms with Crippen LogP contribution in [0.2, 0.25) is 0 Å². The van der Waals surface area contributed by atoms with Gasteiger partial charge in [-0.15, -0.1) is 0 Å². The second-order valence-corrected chi connectivity index (χ2v) is 15.3. The van der Waals surface area contributed by atoms with E-state index < -0.39 is 0 Å². The summed E-state index contributed by atoms with van der Waals surface area (Å²) in [5, 5.41) is 6.10. The van der Waals surface area contributed by atoms with Crippen molar-refractivity contribution < 1.29 is 0 Å². The molecule has 45 heavy (non-hydrogen) atoms. The molecular weight excluding hydrogens is 543 g/mol. The molecule has 2 fully saturated rings. The van der Waals surface area contributed by atoms with E-state index in [9.17, 15) is 0 Å². The Morgan fingerprint density at radius 2 is 0.933 bits per heavy atom. The molecule has 5 aromatic carbocycles. The molecule has 2 aromatic heterocycles. The van der Waals surface area contributed by atoms with Crippen LogP contribution >= 0.6 is 0 Å². The van der Waals surface area contributed by atoms with Crippen molar-refractivity contribution in [2.24, 2.45) is 0 Å². The number of hydrogen-bond acceptors (Lipinski definition) is 0. The van der Waals surface area contributed by atoms with Gasteiger partial charge in [0.05, 0.1) is 11.0 Å². The molecule has 0 N–H and O–H groups in total. The molecule has 0 spiro atoms. The lowest BCUT2D eigenvalue weighted by Crippen LogP contribution is -2.60. The lowest BCUT2D eigenvalue weighted by atomic mass is 9.33. The second-order valence-electron chi connectivity index (χ2n) is 15.3.